The molecule has 3 rings (SSSR count). The van der Waals surface area contributed by atoms with Crippen molar-refractivity contribution in [2.45, 2.75) is 27.7 Å². The van der Waals surface area contributed by atoms with Gasteiger partial charge in [0.2, 0.25) is 0 Å². The normalized spacial score (nSPS) is 10.4. The fourth-order valence-corrected chi connectivity index (χ4v) is 3.73. The maximum Gasteiger partial charge on any atom is 0.146 e. The second-order valence-corrected chi connectivity index (χ2v) is 8.97. The number of nitrogens with one attached hydrogen (secondary N) is 2. The molecule has 0 aliphatic rings. The van der Waals surface area contributed by atoms with E-state index in [1.54, 1.807) is 38.5 Å². The zero-order valence-corrected chi connectivity index (χ0v) is 21.8. The van der Waals surface area contributed by atoms with E-state index >= 15 is 0 Å². The zero-order chi connectivity index (χ0) is 26.2. The number of methoxy groups -OCH3 is 2. The van der Waals surface area contributed by atoms with E-state index in [-0.39, 0.29) is 11.6 Å². The monoisotopic (exact) mass is 492 g/mol. The van der Waals surface area contributed by atoms with Crippen LogP contribution in [-0.4, -0.2) is 27.3 Å². The Morgan fingerprint density at radius 2 is 1.06 bits per heavy atom. The third-order valence-electron chi connectivity index (χ3n) is 5.69. The fraction of sp³-hybridized carbons (Fsp3) is 0.267. The van der Waals surface area contributed by atoms with E-state index in [9.17, 15) is 8.78 Å². The summed E-state index contributed by atoms with van der Waals surface area (Å²) in [6, 6.07) is 13.6. The van der Waals surface area contributed by atoms with Crippen LogP contribution in [0.1, 0.15) is 27.7 Å². The predicted molar refractivity (Wildman–Crippen MR) is 146 cm³/mol. The highest BCUT2D eigenvalue weighted by molar-refractivity contribution is 5.82. The molecule has 0 radical (unpaired) electrons. The van der Waals surface area contributed by atoms with Crippen LogP contribution in [0.2, 0.25) is 0 Å². The van der Waals surface area contributed by atoms with Gasteiger partial charge in [-0.25, -0.2) is 8.78 Å². The molecule has 0 aliphatic carbocycles. The molecule has 0 saturated heterocycles. The van der Waals surface area contributed by atoms with Gasteiger partial charge in [0.15, 0.2) is 0 Å². The first-order chi connectivity index (χ1) is 17.2. The Bertz CT molecular complexity index is 1170. The molecule has 190 valence electrons. The van der Waals surface area contributed by atoms with Crippen LogP contribution in [0.4, 0.5) is 20.2 Å². The highest BCUT2D eigenvalue weighted by atomic mass is 19.1. The molecule has 4 nitrogen and oxygen atoms in total. The van der Waals surface area contributed by atoms with Crippen molar-refractivity contribution < 1.29 is 18.3 Å². The largest absolute Gasteiger partial charge is 0.496 e. The Balaban J connectivity index is 1.95. The average molecular weight is 493 g/mol. The van der Waals surface area contributed by atoms with Gasteiger partial charge in [-0.15, -0.1) is 0 Å². The minimum absolute atomic E-state index is 0.363. The van der Waals surface area contributed by atoms with E-state index in [4.69, 9.17) is 9.47 Å². The van der Waals surface area contributed by atoms with E-state index in [1.165, 1.54) is 12.1 Å². The topological polar surface area (TPSA) is 42.5 Å². The summed E-state index contributed by atoms with van der Waals surface area (Å²) in [6.45, 7) is 9.08. The summed E-state index contributed by atoms with van der Waals surface area (Å²) < 4.78 is 40.9. The molecule has 0 saturated carbocycles. The number of anilines is 2. The molecule has 0 atom stereocenters. The number of hydrogen-bond donors (Lipinski definition) is 2. The van der Waals surface area contributed by atoms with Crippen molar-refractivity contribution in [1.29, 1.82) is 0 Å². The lowest BCUT2D eigenvalue weighted by Crippen LogP contribution is -2.02. The molecule has 6 heteroatoms. The van der Waals surface area contributed by atoms with E-state index in [0.717, 1.165) is 11.1 Å². The number of hydrogen-bond acceptors (Lipinski definition) is 4. The first kappa shape index (κ1) is 26.8. The van der Waals surface area contributed by atoms with E-state index in [1.807, 2.05) is 52.0 Å². The summed E-state index contributed by atoms with van der Waals surface area (Å²) in [7, 11) is 3.11. The lowest BCUT2D eigenvalue weighted by atomic mass is 9.97. The smallest absolute Gasteiger partial charge is 0.146 e. The molecule has 0 heterocycles. The van der Waals surface area contributed by atoms with Gasteiger partial charge in [-0.05, 0) is 75.2 Å². The summed E-state index contributed by atoms with van der Waals surface area (Å²) in [5, 5.41) is 6.16. The highest BCUT2D eigenvalue weighted by Crippen LogP contribution is 2.42. The summed E-state index contributed by atoms with van der Waals surface area (Å²) in [5.41, 5.74) is 5.80. The number of rotatable bonds is 10. The Morgan fingerprint density at radius 3 is 1.36 bits per heavy atom. The van der Waals surface area contributed by atoms with E-state index in [0.29, 0.717) is 58.2 Å². The molecule has 3 aromatic rings. The molecule has 0 aromatic heterocycles. The number of halogens is 2. The van der Waals surface area contributed by atoms with Crippen LogP contribution in [0.25, 0.3) is 22.3 Å². The van der Waals surface area contributed by atoms with Crippen molar-refractivity contribution in [3.05, 3.63) is 83.5 Å². The third kappa shape index (κ3) is 6.66. The van der Waals surface area contributed by atoms with Gasteiger partial charge in [0.1, 0.15) is 23.1 Å². The minimum atomic E-state index is -0.363. The average Bonchev–Trinajstić information content (AvgIpc) is 2.84. The van der Waals surface area contributed by atoms with Crippen LogP contribution in [-0.2, 0) is 0 Å². The van der Waals surface area contributed by atoms with Crippen molar-refractivity contribution in [3.63, 3.8) is 0 Å². The van der Waals surface area contributed by atoms with Crippen LogP contribution in [0.15, 0.2) is 71.8 Å². The maximum absolute atomic E-state index is 14.8. The van der Waals surface area contributed by atoms with Crippen LogP contribution >= 0.6 is 0 Å². The van der Waals surface area contributed by atoms with Gasteiger partial charge in [0.05, 0.1) is 25.6 Å². The van der Waals surface area contributed by atoms with Crippen LogP contribution in [0.3, 0.4) is 0 Å². The van der Waals surface area contributed by atoms with Crippen molar-refractivity contribution in [2.24, 2.45) is 0 Å². The SMILES string of the molecule is COc1cc(-c2ccc(NCC=C(C)C)c(F)c2)c(OC)cc1-c1ccc(NCC=C(C)C)c(F)c1. The standard InChI is InChI=1S/C30H34F2N2O2/c1-19(2)11-13-33-27-9-7-21(15-25(27)31)23-17-30(36-6)24(18-29(23)35-5)22-8-10-28(26(32)16-22)34-14-12-20(3)4/h7-12,15-18,33-34H,13-14H2,1-6H3. The number of benzene rings is 3. The second-order valence-electron chi connectivity index (χ2n) is 8.97. The Kier molecular flexibility index (Phi) is 9.12. The lowest BCUT2D eigenvalue weighted by molar-refractivity contribution is 0.406. The molecule has 0 amide bonds. The summed E-state index contributed by atoms with van der Waals surface area (Å²) in [4.78, 5) is 0. The first-order valence-corrected chi connectivity index (χ1v) is 11.8. The molecule has 2 N–H and O–H groups in total. The van der Waals surface area contributed by atoms with Crippen molar-refractivity contribution in [1.82, 2.24) is 0 Å². The molecule has 36 heavy (non-hydrogen) atoms. The maximum atomic E-state index is 14.8. The second kappa shape index (κ2) is 12.2. The molecule has 0 bridgehead atoms. The molecule has 0 aliphatic heterocycles. The Hall–Kier alpha value is -3.80. The summed E-state index contributed by atoms with van der Waals surface area (Å²) >= 11 is 0. The molecule has 0 fully saturated rings. The van der Waals surface area contributed by atoms with Crippen molar-refractivity contribution in [2.75, 3.05) is 37.9 Å². The van der Waals surface area contributed by atoms with Gasteiger partial charge in [-0.3, -0.25) is 0 Å². The molecular weight excluding hydrogens is 458 g/mol. The van der Waals surface area contributed by atoms with Gasteiger partial charge in [-0.2, -0.15) is 0 Å². The molecule has 0 unspecified atom stereocenters. The van der Waals surface area contributed by atoms with Crippen LogP contribution < -0.4 is 20.1 Å². The number of allylic oxidation sites excluding steroid dienone is 2. The van der Waals surface area contributed by atoms with Crippen LogP contribution in [0, 0.1) is 11.6 Å². The number of ether oxygens (including phenoxy) is 2. The Labute approximate surface area is 212 Å². The van der Waals surface area contributed by atoms with Crippen molar-refractivity contribution in [3.8, 4) is 33.8 Å². The summed E-state index contributed by atoms with van der Waals surface area (Å²) in [5.74, 6) is 0.333. The lowest BCUT2D eigenvalue weighted by Gasteiger charge is -2.17. The minimum Gasteiger partial charge on any atom is -0.496 e. The molecular formula is C30H34F2N2O2. The zero-order valence-electron chi connectivity index (χ0n) is 21.8. The van der Waals surface area contributed by atoms with Crippen LogP contribution in [0.5, 0.6) is 11.5 Å². The van der Waals surface area contributed by atoms with Gasteiger partial charge in [0.25, 0.3) is 0 Å². The van der Waals surface area contributed by atoms with E-state index < -0.39 is 0 Å². The molecule has 3 aromatic carbocycles. The Morgan fingerprint density at radius 1 is 0.667 bits per heavy atom. The third-order valence-corrected chi connectivity index (χ3v) is 5.69. The van der Waals surface area contributed by atoms with Gasteiger partial charge >= 0.3 is 0 Å². The van der Waals surface area contributed by atoms with Gasteiger partial charge in [0, 0.05) is 24.2 Å². The van der Waals surface area contributed by atoms with E-state index in [2.05, 4.69) is 10.6 Å². The molecule has 0 spiro atoms. The van der Waals surface area contributed by atoms with Gasteiger partial charge in [-0.1, -0.05) is 35.4 Å². The summed E-state index contributed by atoms with van der Waals surface area (Å²) in [6.07, 6.45) is 3.99. The fourth-order valence-electron chi connectivity index (χ4n) is 3.73. The highest BCUT2D eigenvalue weighted by Gasteiger charge is 2.17. The predicted octanol–water partition coefficient (Wildman–Crippen LogP) is 8.07. The van der Waals surface area contributed by atoms with Crippen molar-refractivity contribution >= 4 is 11.4 Å². The quantitative estimate of drug-likeness (QED) is 0.281. The van der Waals surface area contributed by atoms with Gasteiger partial charge < -0.3 is 20.1 Å². The first-order valence-electron chi connectivity index (χ1n) is 11.8.